The summed E-state index contributed by atoms with van der Waals surface area (Å²) >= 11 is 5.94. The van der Waals surface area contributed by atoms with Crippen LogP contribution in [0.15, 0.2) is 34.6 Å². The van der Waals surface area contributed by atoms with E-state index in [4.69, 9.17) is 16.3 Å². The van der Waals surface area contributed by atoms with Crippen LogP contribution in [0.1, 0.15) is 74.2 Å². The van der Waals surface area contributed by atoms with E-state index in [9.17, 15) is 14.0 Å². The number of benzene rings is 1. The van der Waals surface area contributed by atoms with Crippen molar-refractivity contribution in [3.8, 4) is 0 Å². The molecule has 1 heterocycles. The summed E-state index contributed by atoms with van der Waals surface area (Å²) < 4.78 is 19.4. The first kappa shape index (κ1) is 28.6. The fourth-order valence-electron chi connectivity index (χ4n) is 5.98. The number of carbonyl (C=O) groups excluding carboxylic acids is 2. The van der Waals surface area contributed by atoms with E-state index in [0.29, 0.717) is 60.5 Å². The van der Waals surface area contributed by atoms with E-state index in [2.05, 4.69) is 35.5 Å². The number of fused-ring (bicyclic) bond motifs is 1. The number of rotatable bonds is 9. The molecule has 7 heteroatoms. The molecule has 0 radical (unpaired) electrons. The third-order valence-electron chi connectivity index (χ3n) is 8.17. The number of nitrogens with zero attached hydrogens (tertiary/aromatic N) is 1. The van der Waals surface area contributed by atoms with Crippen molar-refractivity contribution in [3.63, 3.8) is 0 Å². The summed E-state index contributed by atoms with van der Waals surface area (Å²) in [7, 11) is 1.62. The molecule has 1 aromatic carbocycles. The number of ether oxygens (including phenoxy) is 1. The topological polar surface area (TPSA) is 58.6 Å². The molecule has 1 N–H and O–H groups in total. The molecule has 0 spiro atoms. The lowest BCUT2D eigenvalue weighted by Gasteiger charge is -2.35. The number of hydrogen-bond acceptors (Lipinski definition) is 4. The minimum absolute atomic E-state index is 0.0570. The summed E-state index contributed by atoms with van der Waals surface area (Å²) in [6.07, 6.45) is 12.3. The molecule has 0 saturated heterocycles. The van der Waals surface area contributed by atoms with Gasteiger partial charge in [-0.3, -0.25) is 9.59 Å². The van der Waals surface area contributed by atoms with E-state index >= 15 is 0 Å². The van der Waals surface area contributed by atoms with Gasteiger partial charge in [0.1, 0.15) is 5.83 Å². The number of nitrogens with one attached hydrogen (secondary N) is 1. The fraction of sp³-hybridized carbons (Fsp3) is 0.548. The number of ketones is 1. The van der Waals surface area contributed by atoms with Crippen LogP contribution in [0.4, 0.5) is 4.39 Å². The van der Waals surface area contributed by atoms with Crippen LogP contribution < -0.4 is 15.8 Å². The first-order valence-corrected chi connectivity index (χ1v) is 14.3. The highest BCUT2D eigenvalue weighted by atomic mass is 35.5. The fourth-order valence-corrected chi connectivity index (χ4v) is 6.17. The Labute approximate surface area is 230 Å². The van der Waals surface area contributed by atoms with Crippen molar-refractivity contribution >= 4 is 35.6 Å². The highest BCUT2D eigenvalue weighted by Gasteiger charge is 2.28. The summed E-state index contributed by atoms with van der Waals surface area (Å²) in [4.78, 5) is 28.1. The van der Waals surface area contributed by atoms with Crippen molar-refractivity contribution in [3.05, 3.63) is 56.2 Å². The van der Waals surface area contributed by atoms with E-state index < -0.39 is 5.83 Å². The maximum Gasteiger partial charge on any atom is 0.251 e. The normalized spacial score (nSPS) is 23.6. The Morgan fingerprint density at radius 3 is 2.74 bits per heavy atom. The molecule has 1 fully saturated rings. The number of halogens is 2. The first-order chi connectivity index (χ1) is 18.2. The number of aryl methyl sites for hydroxylation is 1. The Bertz CT molecular complexity index is 1240. The molecular formula is C31H40ClFN2O3. The van der Waals surface area contributed by atoms with Gasteiger partial charge in [0.05, 0.1) is 6.61 Å². The molecule has 0 bridgehead atoms. The first-order valence-electron chi connectivity index (χ1n) is 13.9. The number of carbonyl (C=O) groups is 2. The van der Waals surface area contributed by atoms with Gasteiger partial charge in [-0.05, 0) is 92.4 Å². The Morgan fingerprint density at radius 2 is 1.97 bits per heavy atom. The average Bonchev–Trinajstić information content (AvgIpc) is 3.02. The summed E-state index contributed by atoms with van der Waals surface area (Å²) in [6, 6.07) is 4.45. The summed E-state index contributed by atoms with van der Waals surface area (Å²) in [5.41, 5.74) is 1.97. The molecule has 206 valence electrons. The van der Waals surface area contributed by atoms with Crippen LogP contribution in [-0.2, 0) is 9.53 Å². The number of methoxy groups -OCH3 is 1. The van der Waals surface area contributed by atoms with Gasteiger partial charge in [0.25, 0.3) is 5.91 Å². The van der Waals surface area contributed by atoms with E-state index in [1.807, 2.05) is 13.0 Å². The highest BCUT2D eigenvalue weighted by Crippen LogP contribution is 2.35. The van der Waals surface area contributed by atoms with Crippen molar-refractivity contribution in [1.82, 2.24) is 10.2 Å². The average molecular weight is 543 g/mol. The van der Waals surface area contributed by atoms with Crippen LogP contribution in [0, 0.1) is 18.8 Å². The monoisotopic (exact) mass is 542 g/mol. The maximum absolute atomic E-state index is 14.3. The number of Topliss-reactive ketones (excluding diaryl/α,β-unsaturated/α-hetero) is 1. The van der Waals surface area contributed by atoms with E-state index in [1.54, 1.807) is 7.11 Å². The third kappa shape index (κ3) is 7.15. The van der Waals surface area contributed by atoms with Crippen LogP contribution in [0.25, 0.3) is 12.3 Å². The lowest BCUT2D eigenvalue weighted by atomic mass is 9.77. The molecule has 1 amide bonds. The lowest BCUT2D eigenvalue weighted by molar-refractivity contribution is -0.117. The maximum atomic E-state index is 14.3. The molecule has 1 aromatic rings. The SMILES string of the molecule is COCCNC(=O)c1cc2c(cc1C)=CCC(C)N(CC1CCCC(CC(=O)C3=C(F)C=C(Cl)CC3)C1)C=2. The molecule has 3 aliphatic rings. The quantitative estimate of drug-likeness (QED) is 0.451. The second-order valence-electron chi connectivity index (χ2n) is 11.1. The van der Waals surface area contributed by atoms with Crippen LogP contribution >= 0.6 is 11.6 Å². The summed E-state index contributed by atoms with van der Waals surface area (Å²) in [6.45, 7) is 6.09. The van der Waals surface area contributed by atoms with Crippen molar-refractivity contribution < 1.29 is 18.7 Å². The van der Waals surface area contributed by atoms with Crippen LogP contribution in [0.3, 0.4) is 0 Å². The summed E-state index contributed by atoms with van der Waals surface area (Å²) in [5, 5.41) is 5.63. The Kier molecular flexibility index (Phi) is 9.83. The molecule has 3 unspecified atom stereocenters. The van der Waals surface area contributed by atoms with Crippen molar-refractivity contribution in [2.45, 2.75) is 71.3 Å². The standard InChI is InChI=1S/C31H40ClFN2O3/c1-20-13-24-8-7-21(2)35(19-25(24)16-28(20)31(37)34-11-12-38-3)18-23-6-4-5-22(14-23)15-30(36)27-10-9-26(32)17-29(27)33/h8,13,16-17,19,21-23H,4-7,9-12,14-15,18H2,1-3H3,(H,34,37). The largest absolute Gasteiger partial charge is 0.383 e. The Hall–Kier alpha value is -2.44. The minimum atomic E-state index is -0.455. The van der Waals surface area contributed by atoms with Gasteiger partial charge in [0, 0.05) is 55.0 Å². The van der Waals surface area contributed by atoms with Gasteiger partial charge in [-0.15, -0.1) is 0 Å². The zero-order valence-corrected chi connectivity index (χ0v) is 23.6. The van der Waals surface area contributed by atoms with E-state index in [1.165, 1.54) is 6.08 Å². The van der Waals surface area contributed by atoms with Gasteiger partial charge in [-0.2, -0.15) is 0 Å². The smallest absolute Gasteiger partial charge is 0.251 e. The van der Waals surface area contributed by atoms with Gasteiger partial charge in [0.2, 0.25) is 0 Å². The molecule has 4 rings (SSSR count). The zero-order valence-electron chi connectivity index (χ0n) is 22.8. The highest BCUT2D eigenvalue weighted by molar-refractivity contribution is 6.30. The van der Waals surface area contributed by atoms with Gasteiger partial charge in [-0.1, -0.05) is 30.2 Å². The van der Waals surface area contributed by atoms with Crippen LogP contribution in [0.5, 0.6) is 0 Å². The predicted molar refractivity (Wildman–Crippen MR) is 151 cm³/mol. The number of hydrogen-bond donors (Lipinski definition) is 1. The summed E-state index contributed by atoms with van der Waals surface area (Å²) in [5.74, 6) is 0.168. The molecule has 1 aliphatic heterocycles. The van der Waals surface area contributed by atoms with Crippen LogP contribution in [0.2, 0.25) is 0 Å². The molecular weight excluding hydrogens is 503 g/mol. The predicted octanol–water partition coefficient (Wildman–Crippen LogP) is 4.89. The van der Waals surface area contributed by atoms with Crippen molar-refractivity contribution in [2.24, 2.45) is 11.8 Å². The molecule has 2 aliphatic carbocycles. The van der Waals surface area contributed by atoms with E-state index in [0.717, 1.165) is 54.6 Å². The van der Waals surface area contributed by atoms with Gasteiger partial charge in [0.15, 0.2) is 5.78 Å². The Balaban J connectivity index is 1.46. The lowest BCUT2D eigenvalue weighted by Crippen LogP contribution is -2.36. The van der Waals surface area contributed by atoms with Gasteiger partial charge >= 0.3 is 0 Å². The van der Waals surface area contributed by atoms with Gasteiger partial charge in [-0.25, -0.2) is 4.39 Å². The van der Waals surface area contributed by atoms with Crippen molar-refractivity contribution in [2.75, 3.05) is 26.8 Å². The molecule has 1 saturated carbocycles. The minimum Gasteiger partial charge on any atom is -0.383 e. The molecule has 5 nitrogen and oxygen atoms in total. The molecule has 38 heavy (non-hydrogen) atoms. The van der Waals surface area contributed by atoms with E-state index in [-0.39, 0.29) is 17.6 Å². The van der Waals surface area contributed by atoms with Crippen LogP contribution in [-0.4, -0.2) is 49.4 Å². The van der Waals surface area contributed by atoms with Gasteiger partial charge < -0.3 is 15.0 Å². The Morgan fingerprint density at radius 1 is 1.18 bits per heavy atom. The molecule has 3 atom stereocenters. The number of allylic oxidation sites excluding steroid dienone is 4. The van der Waals surface area contributed by atoms with Crippen molar-refractivity contribution in [1.29, 1.82) is 0 Å². The number of amides is 1. The second kappa shape index (κ2) is 13.1. The zero-order chi connectivity index (χ0) is 27.2. The third-order valence-corrected chi connectivity index (χ3v) is 8.47. The second-order valence-corrected chi connectivity index (χ2v) is 11.6. The molecule has 0 aromatic heterocycles.